The van der Waals surface area contributed by atoms with E-state index in [4.69, 9.17) is 15.2 Å². The van der Waals surface area contributed by atoms with Crippen molar-refractivity contribution in [3.63, 3.8) is 0 Å². The van der Waals surface area contributed by atoms with E-state index >= 15 is 0 Å². The summed E-state index contributed by atoms with van der Waals surface area (Å²) >= 11 is 1.80. The number of rotatable bonds is 6. The predicted molar refractivity (Wildman–Crippen MR) is 112 cm³/mol. The first kappa shape index (κ1) is 20.0. The highest BCUT2D eigenvalue weighted by atomic mass is 32.2. The van der Waals surface area contributed by atoms with Gasteiger partial charge in [-0.25, -0.2) is 9.97 Å². The van der Waals surface area contributed by atoms with Gasteiger partial charge in [0.25, 0.3) is 0 Å². The van der Waals surface area contributed by atoms with E-state index in [1.54, 1.807) is 24.3 Å². The number of nitrogens with two attached hydrogens (primary N) is 1. The van der Waals surface area contributed by atoms with Gasteiger partial charge in [-0.05, 0) is 25.0 Å². The van der Waals surface area contributed by atoms with Gasteiger partial charge in [-0.15, -0.1) is 0 Å². The van der Waals surface area contributed by atoms with Gasteiger partial charge < -0.3 is 20.1 Å². The molecular formula is C18H26N8O2S. The minimum atomic E-state index is 0.212. The number of hydrogen-bond acceptors (Lipinski definition) is 11. The number of anilines is 2. The SMILES string of the molecule is CSN1CCC(COc2nc(-c3cnc(N)nc3)nc(N3CCOCC3)n2)CC1. The second-order valence-electron chi connectivity index (χ2n) is 7.04. The van der Waals surface area contributed by atoms with Gasteiger partial charge in [0.1, 0.15) is 0 Å². The fourth-order valence-electron chi connectivity index (χ4n) is 3.35. The lowest BCUT2D eigenvalue weighted by molar-refractivity contribution is 0.121. The smallest absolute Gasteiger partial charge is 0.321 e. The summed E-state index contributed by atoms with van der Waals surface area (Å²) in [5.41, 5.74) is 6.28. The molecule has 0 spiro atoms. The molecule has 2 aromatic rings. The number of piperidine rings is 1. The van der Waals surface area contributed by atoms with Gasteiger partial charge in [0, 0.05) is 38.6 Å². The van der Waals surface area contributed by atoms with Gasteiger partial charge in [0.05, 0.1) is 25.4 Å². The van der Waals surface area contributed by atoms with E-state index in [1.165, 1.54) is 0 Å². The molecule has 2 aliphatic rings. The Morgan fingerprint density at radius 3 is 2.52 bits per heavy atom. The maximum absolute atomic E-state index is 6.02. The zero-order valence-electron chi connectivity index (χ0n) is 16.5. The third-order valence-corrected chi connectivity index (χ3v) is 5.99. The molecule has 2 N–H and O–H groups in total. The van der Waals surface area contributed by atoms with Gasteiger partial charge >= 0.3 is 6.01 Å². The van der Waals surface area contributed by atoms with Crippen LogP contribution in [0.5, 0.6) is 6.01 Å². The average molecular weight is 419 g/mol. The molecule has 156 valence electrons. The number of hydrogen-bond donors (Lipinski definition) is 1. The summed E-state index contributed by atoms with van der Waals surface area (Å²) in [5.74, 6) is 1.78. The van der Waals surface area contributed by atoms with Crippen molar-refractivity contribution in [2.75, 3.05) is 62.9 Å². The molecule has 0 saturated carbocycles. The topological polar surface area (TPSA) is 115 Å². The van der Waals surface area contributed by atoms with Crippen molar-refractivity contribution in [1.29, 1.82) is 0 Å². The second kappa shape index (κ2) is 9.51. The zero-order valence-corrected chi connectivity index (χ0v) is 17.3. The maximum Gasteiger partial charge on any atom is 0.321 e. The number of aromatic nitrogens is 5. The molecule has 0 radical (unpaired) electrons. The summed E-state index contributed by atoms with van der Waals surface area (Å²) in [6, 6.07) is 0.334. The Balaban J connectivity index is 1.52. The monoisotopic (exact) mass is 418 g/mol. The molecule has 2 fully saturated rings. The van der Waals surface area contributed by atoms with Crippen LogP contribution in [-0.4, -0.2) is 81.5 Å². The van der Waals surface area contributed by atoms with Crippen LogP contribution in [0.2, 0.25) is 0 Å². The minimum absolute atomic E-state index is 0.212. The standard InChI is InChI=1S/C18H26N8O2S/c1-29-26-4-2-13(3-5-26)12-28-18-23-15(14-10-20-16(19)21-11-14)22-17(24-18)25-6-8-27-9-7-25/h10-11,13H,2-9,12H2,1H3,(H2,19,20,21). The van der Waals surface area contributed by atoms with Gasteiger partial charge in [0.15, 0.2) is 5.82 Å². The highest BCUT2D eigenvalue weighted by Crippen LogP contribution is 2.24. The Kier molecular flexibility index (Phi) is 6.57. The molecule has 11 heteroatoms. The molecule has 4 heterocycles. The Labute approximate surface area is 174 Å². The lowest BCUT2D eigenvalue weighted by atomic mass is 9.99. The number of morpholine rings is 1. The number of nitrogen functional groups attached to an aromatic ring is 1. The van der Waals surface area contributed by atoms with E-state index in [1.807, 2.05) is 0 Å². The molecular weight excluding hydrogens is 392 g/mol. The average Bonchev–Trinajstić information content (AvgIpc) is 2.79. The van der Waals surface area contributed by atoms with E-state index in [2.05, 4.69) is 40.4 Å². The van der Waals surface area contributed by atoms with Crippen molar-refractivity contribution in [2.24, 2.45) is 5.92 Å². The summed E-state index contributed by atoms with van der Waals surface area (Å²) in [6.45, 7) is 5.53. The largest absolute Gasteiger partial charge is 0.463 e. The summed E-state index contributed by atoms with van der Waals surface area (Å²) in [7, 11) is 0. The fourth-order valence-corrected chi connectivity index (χ4v) is 3.92. The Hall–Kier alpha value is -2.24. The van der Waals surface area contributed by atoms with Gasteiger partial charge in [-0.1, -0.05) is 11.9 Å². The molecule has 29 heavy (non-hydrogen) atoms. The number of ether oxygens (including phenoxy) is 2. The van der Waals surface area contributed by atoms with Gasteiger partial charge in [-0.3, -0.25) is 4.31 Å². The van der Waals surface area contributed by atoms with Crippen LogP contribution >= 0.6 is 11.9 Å². The Bertz CT molecular complexity index is 795. The van der Waals surface area contributed by atoms with E-state index < -0.39 is 0 Å². The lowest BCUT2D eigenvalue weighted by Gasteiger charge is -2.30. The molecule has 2 saturated heterocycles. The van der Waals surface area contributed by atoms with Crippen molar-refractivity contribution >= 4 is 23.8 Å². The molecule has 0 aromatic carbocycles. The molecule has 0 bridgehead atoms. The number of nitrogens with zero attached hydrogens (tertiary/aromatic N) is 7. The fraction of sp³-hybridized carbons (Fsp3) is 0.611. The first-order valence-electron chi connectivity index (χ1n) is 9.80. The third-order valence-electron chi connectivity index (χ3n) is 5.11. The van der Waals surface area contributed by atoms with Gasteiger partial charge in [-0.2, -0.15) is 15.0 Å². The minimum Gasteiger partial charge on any atom is -0.463 e. The molecule has 0 unspecified atom stereocenters. The van der Waals surface area contributed by atoms with Crippen molar-refractivity contribution in [2.45, 2.75) is 12.8 Å². The second-order valence-corrected chi connectivity index (χ2v) is 7.92. The Morgan fingerprint density at radius 1 is 1.10 bits per heavy atom. The molecule has 0 aliphatic carbocycles. The van der Waals surface area contributed by atoms with E-state index in [9.17, 15) is 0 Å². The molecule has 10 nitrogen and oxygen atoms in total. The van der Waals surface area contributed by atoms with Crippen LogP contribution in [-0.2, 0) is 4.74 Å². The van der Waals surface area contributed by atoms with Gasteiger partial charge in [0.2, 0.25) is 11.9 Å². The molecule has 0 atom stereocenters. The first-order chi connectivity index (χ1) is 14.2. The van der Waals surface area contributed by atoms with Crippen LogP contribution in [0, 0.1) is 5.92 Å². The normalized spacial score (nSPS) is 18.7. The molecule has 0 amide bonds. The van der Waals surface area contributed by atoms with Crippen LogP contribution < -0.4 is 15.4 Å². The first-order valence-corrected chi connectivity index (χ1v) is 11.0. The van der Waals surface area contributed by atoms with Crippen molar-refractivity contribution in [1.82, 2.24) is 29.2 Å². The third kappa shape index (κ3) is 5.22. The summed E-state index contributed by atoms with van der Waals surface area (Å²) < 4.78 is 13.8. The maximum atomic E-state index is 6.02. The summed E-state index contributed by atoms with van der Waals surface area (Å²) in [5, 5.41) is 0. The molecule has 2 aliphatic heterocycles. The van der Waals surface area contributed by atoms with E-state index in [0.29, 0.717) is 49.1 Å². The van der Waals surface area contributed by atoms with Crippen LogP contribution in [0.4, 0.5) is 11.9 Å². The lowest BCUT2D eigenvalue weighted by Crippen LogP contribution is -2.37. The Morgan fingerprint density at radius 2 is 1.83 bits per heavy atom. The summed E-state index contributed by atoms with van der Waals surface area (Å²) in [4.78, 5) is 23.9. The van der Waals surface area contributed by atoms with Crippen LogP contribution in [0.25, 0.3) is 11.4 Å². The van der Waals surface area contributed by atoms with Crippen molar-refractivity contribution in [3.05, 3.63) is 12.4 Å². The van der Waals surface area contributed by atoms with Crippen LogP contribution in [0.3, 0.4) is 0 Å². The van der Waals surface area contributed by atoms with Crippen molar-refractivity contribution < 1.29 is 9.47 Å². The van der Waals surface area contributed by atoms with Crippen molar-refractivity contribution in [3.8, 4) is 17.4 Å². The van der Waals surface area contributed by atoms with Crippen LogP contribution in [0.15, 0.2) is 12.4 Å². The highest BCUT2D eigenvalue weighted by molar-refractivity contribution is 7.96. The summed E-state index contributed by atoms with van der Waals surface area (Å²) in [6.07, 6.45) is 7.57. The van der Waals surface area contributed by atoms with Crippen LogP contribution in [0.1, 0.15) is 12.8 Å². The zero-order chi connectivity index (χ0) is 20.1. The quantitative estimate of drug-likeness (QED) is 0.680. The molecule has 2 aromatic heterocycles. The highest BCUT2D eigenvalue weighted by Gasteiger charge is 2.21. The van der Waals surface area contributed by atoms with E-state index in [0.717, 1.165) is 39.0 Å². The van der Waals surface area contributed by atoms with E-state index in [-0.39, 0.29) is 5.95 Å². The predicted octanol–water partition coefficient (Wildman–Crippen LogP) is 1.12. The molecule has 4 rings (SSSR count).